The molecular formula is C14H22N2O. The molecule has 0 fully saturated rings. The summed E-state index contributed by atoms with van der Waals surface area (Å²) in [5, 5.41) is 0. The van der Waals surface area contributed by atoms with Gasteiger partial charge < -0.3 is 10.6 Å². The summed E-state index contributed by atoms with van der Waals surface area (Å²) < 4.78 is 0. The molecule has 17 heavy (non-hydrogen) atoms. The first-order valence-electron chi connectivity index (χ1n) is 5.85. The minimum atomic E-state index is -0.326. The third-order valence-corrected chi connectivity index (χ3v) is 3.34. The lowest BCUT2D eigenvalue weighted by Gasteiger charge is -2.35. The first-order valence-corrected chi connectivity index (χ1v) is 5.85. The Morgan fingerprint density at radius 2 is 1.94 bits per heavy atom. The number of carbonyl (C=O) groups is 1. The molecule has 0 radical (unpaired) electrons. The quantitative estimate of drug-likeness (QED) is 0.870. The summed E-state index contributed by atoms with van der Waals surface area (Å²) in [4.78, 5) is 14.1. The topological polar surface area (TPSA) is 46.3 Å². The Labute approximate surface area is 104 Å². The second-order valence-corrected chi connectivity index (χ2v) is 5.20. The van der Waals surface area contributed by atoms with E-state index in [0.717, 1.165) is 16.7 Å². The molecule has 1 rings (SSSR count). The number of benzene rings is 1. The first kappa shape index (κ1) is 13.7. The van der Waals surface area contributed by atoms with E-state index in [0.29, 0.717) is 6.54 Å². The van der Waals surface area contributed by atoms with Crippen molar-refractivity contribution in [2.75, 3.05) is 13.6 Å². The Kier molecular flexibility index (Phi) is 3.94. The second-order valence-electron chi connectivity index (χ2n) is 5.20. The fourth-order valence-corrected chi connectivity index (χ4v) is 1.56. The maximum Gasteiger partial charge on any atom is 0.254 e. The summed E-state index contributed by atoms with van der Waals surface area (Å²) in [5.41, 5.74) is 8.22. The molecule has 2 N–H and O–H groups in total. The molecule has 0 heterocycles. The normalized spacial score (nSPS) is 11.4. The van der Waals surface area contributed by atoms with Gasteiger partial charge in [-0.25, -0.2) is 0 Å². The zero-order valence-electron chi connectivity index (χ0n) is 11.4. The van der Waals surface area contributed by atoms with Crippen LogP contribution in [0.3, 0.4) is 0 Å². The van der Waals surface area contributed by atoms with E-state index in [-0.39, 0.29) is 11.4 Å². The number of likely N-dealkylation sites (N-methyl/N-ethyl adjacent to an activating group) is 1. The van der Waals surface area contributed by atoms with Crippen molar-refractivity contribution in [2.24, 2.45) is 5.73 Å². The van der Waals surface area contributed by atoms with Crippen LogP contribution < -0.4 is 5.73 Å². The van der Waals surface area contributed by atoms with Gasteiger partial charge >= 0.3 is 0 Å². The Hall–Kier alpha value is -1.35. The molecule has 0 aliphatic heterocycles. The van der Waals surface area contributed by atoms with Gasteiger partial charge in [0.25, 0.3) is 5.91 Å². The van der Waals surface area contributed by atoms with Crippen LogP contribution in [0.15, 0.2) is 18.2 Å². The van der Waals surface area contributed by atoms with Gasteiger partial charge in [0.2, 0.25) is 0 Å². The van der Waals surface area contributed by atoms with Gasteiger partial charge in [-0.1, -0.05) is 17.7 Å². The van der Waals surface area contributed by atoms with Gasteiger partial charge in [-0.05, 0) is 39.3 Å². The summed E-state index contributed by atoms with van der Waals surface area (Å²) >= 11 is 0. The molecule has 1 amide bonds. The third kappa shape index (κ3) is 2.86. The highest BCUT2D eigenvalue weighted by atomic mass is 16.2. The number of nitrogens with two attached hydrogens (primary N) is 1. The van der Waals surface area contributed by atoms with Crippen molar-refractivity contribution in [3.8, 4) is 0 Å². The molecule has 3 nitrogen and oxygen atoms in total. The van der Waals surface area contributed by atoms with E-state index in [9.17, 15) is 4.79 Å². The first-order chi connectivity index (χ1) is 7.79. The summed E-state index contributed by atoms with van der Waals surface area (Å²) in [5.74, 6) is 0.0293. The maximum absolute atomic E-state index is 12.4. The standard InChI is InChI=1S/C14H22N2O/c1-10-6-7-11(2)12(8-10)13(17)16(5)14(3,4)9-15/h6-8H,9,15H2,1-5H3. The van der Waals surface area contributed by atoms with Gasteiger partial charge in [0.1, 0.15) is 0 Å². The zero-order valence-corrected chi connectivity index (χ0v) is 11.4. The van der Waals surface area contributed by atoms with E-state index in [1.807, 2.05) is 45.9 Å². The maximum atomic E-state index is 12.4. The van der Waals surface area contributed by atoms with Gasteiger partial charge in [0.05, 0.1) is 0 Å². The smallest absolute Gasteiger partial charge is 0.254 e. The number of nitrogens with zero attached hydrogens (tertiary/aromatic N) is 1. The van der Waals surface area contributed by atoms with Crippen molar-refractivity contribution < 1.29 is 4.79 Å². The van der Waals surface area contributed by atoms with Crippen LogP contribution in [0.5, 0.6) is 0 Å². The van der Waals surface area contributed by atoms with Crippen molar-refractivity contribution in [3.05, 3.63) is 34.9 Å². The molecule has 1 aromatic rings. The number of rotatable bonds is 3. The largest absolute Gasteiger partial charge is 0.335 e. The molecule has 0 unspecified atom stereocenters. The van der Waals surface area contributed by atoms with Gasteiger partial charge in [-0.3, -0.25) is 4.79 Å². The lowest BCUT2D eigenvalue weighted by Crippen LogP contribution is -2.50. The van der Waals surface area contributed by atoms with Gasteiger partial charge in [0, 0.05) is 24.7 Å². The number of carbonyl (C=O) groups excluding carboxylic acids is 1. The Balaban J connectivity index is 3.08. The van der Waals surface area contributed by atoms with Gasteiger partial charge in [0.15, 0.2) is 0 Å². The van der Waals surface area contributed by atoms with Crippen LogP contribution >= 0.6 is 0 Å². The predicted octanol–water partition coefficient (Wildman–Crippen LogP) is 2.11. The van der Waals surface area contributed by atoms with Crippen molar-refractivity contribution >= 4 is 5.91 Å². The van der Waals surface area contributed by atoms with Crippen molar-refractivity contribution in [2.45, 2.75) is 33.2 Å². The molecule has 0 aliphatic rings. The van der Waals surface area contributed by atoms with Crippen molar-refractivity contribution in [1.82, 2.24) is 4.90 Å². The lowest BCUT2D eigenvalue weighted by atomic mass is 9.99. The van der Waals surface area contributed by atoms with Crippen molar-refractivity contribution in [1.29, 1.82) is 0 Å². The Morgan fingerprint density at radius 1 is 1.35 bits per heavy atom. The molecule has 3 heteroatoms. The third-order valence-electron chi connectivity index (χ3n) is 3.34. The number of hydrogen-bond acceptors (Lipinski definition) is 2. The highest BCUT2D eigenvalue weighted by Gasteiger charge is 2.27. The van der Waals surface area contributed by atoms with Gasteiger partial charge in [-0.2, -0.15) is 0 Å². The molecule has 0 saturated heterocycles. The van der Waals surface area contributed by atoms with Gasteiger partial charge in [-0.15, -0.1) is 0 Å². The summed E-state index contributed by atoms with van der Waals surface area (Å²) in [7, 11) is 1.80. The van der Waals surface area contributed by atoms with E-state index in [1.165, 1.54) is 0 Å². The average molecular weight is 234 g/mol. The van der Waals surface area contributed by atoms with Crippen LogP contribution in [0.25, 0.3) is 0 Å². The van der Waals surface area contributed by atoms with E-state index in [2.05, 4.69) is 0 Å². The fourth-order valence-electron chi connectivity index (χ4n) is 1.56. The lowest BCUT2D eigenvalue weighted by molar-refractivity contribution is 0.0639. The van der Waals surface area contributed by atoms with Crippen LogP contribution in [0.2, 0.25) is 0 Å². The Morgan fingerprint density at radius 3 is 2.47 bits per heavy atom. The van der Waals surface area contributed by atoms with Crippen LogP contribution in [0, 0.1) is 13.8 Å². The van der Waals surface area contributed by atoms with Crippen LogP contribution in [-0.2, 0) is 0 Å². The highest BCUT2D eigenvalue weighted by Crippen LogP contribution is 2.18. The minimum absolute atomic E-state index is 0.0293. The minimum Gasteiger partial charge on any atom is -0.335 e. The molecule has 0 atom stereocenters. The molecular weight excluding hydrogens is 212 g/mol. The van der Waals surface area contributed by atoms with Crippen molar-refractivity contribution in [3.63, 3.8) is 0 Å². The molecule has 0 spiro atoms. The van der Waals surface area contributed by atoms with E-state index >= 15 is 0 Å². The molecule has 1 aromatic carbocycles. The number of hydrogen-bond donors (Lipinski definition) is 1. The number of amides is 1. The second kappa shape index (κ2) is 4.88. The van der Waals surface area contributed by atoms with E-state index < -0.39 is 0 Å². The monoisotopic (exact) mass is 234 g/mol. The zero-order chi connectivity index (χ0) is 13.2. The highest BCUT2D eigenvalue weighted by molar-refractivity contribution is 5.96. The summed E-state index contributed by atoms with van der Waals surface area (Å²) in [6.07, 6.45) is 0. The molecule has 0 aromatic heterocycles. The molecule has 0 bridgehead atoms. The summed E-state index contributed by atoms with van der Waals surface area (Å²) in [6, 6.07) is 5.92. The van der Waals surface area contributed by atoms with Crippen LogP contribution in [-0.4, -0.2) is 29.9 Å². The fraction of sp³-hybridized carbons (Fsp3) is 0.500. The Bertz CT molecular complexity index is 424. The number of aryl methyl sites for hydroxylation is 2. The van der Waals surface area contributed by atoms with Crippen LogP contribution in [0.4, 0.5) is 0 Å². The predicted molar refractivity (Wildman–Crippen MR) is 71.1 cm³/mol. The molecule has 0 saturated carbocycles. The van der Waals surface area contributed by atoms with E-state index in [1.54, 1.807) is 11.9 Å². The van der Waals surface area contributed by atoms with Crippen LogP contribution in [0.1, 0.15) is 35.3 Å². The SMILES string of the molecule is Cc1ccc(C)c(C(=O)N(C)C(C)(C)CN)c1. The van der Waals surface area contributed by atoms with E-state index in [4.69, 9.17) is 5.73 Å². The molecule has 94 valence electrons. The summed E-state index contributed by atoms with van der Waals surface area (Å²) in [6.45, 7) is 8.33. The average Bonchev–Trinajstić information content (AvgIpc) is 2.30. The molecule has 0 aliphatic carbocycles.